The highest BCUT2D eigenvalue weighted by Gasteiger charge is 2.43. The van der Waals surface area contributed by atoms with Crippen molar-refractivity contribution < 1.29 is 14.6 Å². The van der Waals surface area contributed by atoms with Crippen LogP contribution in [0.2, 0.25) is 0 Å². The topological polar surface area (TPSA) is 75.6 Å². The van der Waals surface area contributed by atoms with Gasteiger partial charge in [0.1, 0.15) is 11.6 Å². The van der Waals surface area contributed by atoms with E-state index in [1.54, 1.807) is 0 Å². The van der Waals surface area contributed by atoms with Crippen LogP contribution in [-0.2, 0) is 16.0 Å². The number of nitrogens with zero attached hydrogens (tertiary/aromatic N) is 3. The van der Waals surface area contributed by atoms with Gasteiger partial charge in [0.15, 0.2) is 0 Å². The normalized spacial score (nSPS) is 23.0. The van der Waals surface area contributed by atoms with Crippen molar-refractivity contribution in [1.82, 2.24) is 9.97 Å². The summed E-state index contributed by atoms with van der Waals surface area (Å²) in [5.41, 5.74) is 0.316. The molecule has 0 amide bonds. The molecule has 1 N–H and O–H groups in total. The Morgan fingerprint density at radius 2 is 2.12 bits per heavy atom. The number of carboxylic acids is 1. The van der Waals surface area contributed by atoms with Gasteiger partial charge in [-0.15, -0.1) is 0 Å². The third kappa shape index (κ3) is 4.34. The van der Waals surface area contributed by atoms with Gasteiger partial charge in [-0.3, -0.25) is 4.79 Å². The molecule has 2 aliphatic rings. The number of ether oxygens (including phenoxy) is 1. The first-order valence-corrected chi connectivity index (χ1v) is 9.97. The fourth-order valence-electron chi connectivity index (χ4n) is 4.18. The number of aromatic nitrogens is 2. The number of rotatable bonds is 6. The number of hydrogen-bond donors (Lipinski definition) is 1. The van der Waals surface area contributed by atoms with Gasteiger partial charge < -0.3 is 14.7 Å². The minimum atomic E-state index is -0.670. The zero-order valence-electron chi connectivity index (χ0n) is 16.0. The summed E-state index contributed by atoms with van der Waals surface area (Å²) in [6.45, 7) is 6.34. The molecule has 2 saturated heterocycles. The van der Waals surface area contributed by atoms with Crippen LogP contribution in [0.1, 0.15) is 63.4 Å². The molecule has 0 bridgehead atoms. The van der Waals surface area contributed by atoms with Crippen LogP contribution in [0.3, 0.4) is 0 Å². The predicted molar refractivity (Wildman–Crippen MR) is 100 cm³/mol. The minimum Gasteiger partial charge on any atom is -0.481 e. The Morgan fingerprint density at radius 3 is 2.73 bits per heavy atom. The first-order chi connectivity index (χ1) is 12.5. The number of carboxylic acid groups (broad SMARTS) is 1. The van der Waals surface area contributed by atoms with Gasteiger partial charge in [0.05, 0.1) is 11.5 Å². The molecular formula is C20H31N3O3. The maximum absolute atomic E-state index is 12.1. The number of carbonyl (C=O) groups is 1. The van der Waals surface area contributed by atoms with E-state index in [0.29, 0.717) is 19.3 Å². The molecule has 144 valence electrons. The highest BCUT2D eigenvalue weighted by atomic mass is 16.5. The van der Waals surface area contributed by atoms with E-state index >= 15 is 0 Å². The van der Waals surface area contributed by atoms with Gasteiger partial charge in [-0.05, 0) is 51.9 Å². The molecule has 26 heavy (non-hydrogen) atoms. The Balaban J connectivity index is 1.68. The molecular weight excluding hydrogens is 330 g/mol. The van der Waals surface area contributed by atoms with Crippen LogP contribution < -0.4 is 4.90 Å². The van der Waals surface area contributed by atoms with Crippen molar-refractivity contribution in [1.29, 1.82) is 0 Å². The first kappa shape index (κ1) is 19.1. The molecule has 1 atom stereocenters. The van der Waals surface area contributed by atoms with Crippen molar-refractivity contribution in [3.05, 3.63) is 17.6 Å². The fourth-order valence-corrected chi connectivity index (χ4v) is 4.18. The Morgan fingerprint density at radius 1 is 1.35 bits per heavy atom. The second-order valence-corrected chi connectivity index (χ2v) is 7.80. The van der Waals surface area contributed by atoms with E-state index < -0.39 is 11.4 Å². The lowest BCUT2D eigenvalue weighted by Crippen LogP contribution is -2.47. The highest BCUT2D eigenvalue weighted by molar-refractivity contribution is 5.75. The maximum Gasteiger partial charge on any atom is 0.309 e. The molecule has 3 heterocycles. The SMILES string of the molecule is CCCc1nc(C)cc(N2CCC(C[C@@H]3CCCCO3)(C(=O)O)CC2)n1. The molecule has 0 radical (unpaired) electrons. The molecule has 1 aromatic heterocycles. The van der Waals surface area contributed by atoms with Crippen LogP contribution in [0.4, 0.5) is 5.82 Å². The quantitative estimate of drug-likeness (QED) is 0.837. The molecule has 3 rings (SSSR count). The summed E-state index contributed by atoms with van der Waals surface area (Å²) in [5, 5.41) is 9.93. The number of aryl methyl sites for hydroxylation is 2. The number of anilines is 1. The standard InChI is InChI=1S/C20H31N3O3/c1-3-6-17-21-15(2)13-18(22-17)23-10-8-20(9-11-23,19(24)25)14-16-7-4-5-12-26-16/h13,16H,3-12,14H2,1-2H3,(H,24,25)/t16-/m0/s1. The Bertz CT molecular complexity index is 621. The second-order valence-electron chi connectivity index (χ2n) is 7.80. The van der Waals surface area contributed by atoms with Gasteiger partial charge in [-0.2, -0.15) is 0 Å². The van der Waals surface area contributed by atoms with Crippen LogP contribution in [0.25, 0.3) is 0 Å². The van der Waals surface area contributed by atoms with Crippen molar-refractivity contribution in [2.75, 3.05) is 24.6 Å². The molecule has 2 aliphatic heterocycles. The molecule has 0 saturated carbocycles. The Labute approximate surface area is 156 Å². The Kier molecular flexibility index (Phi) is 6.12. The van der Waals surface area contributed by atoms with E-state index in [9.17, 15) is 9.90 Å². The lowest BCUT2D eigenvalue weighted by Gasteiger charge is -2.41. The van der Waals surface area contributed by atoms with Crippen molar-refractivity contribution >= 4 is 11.8 Å². The highest BCUT2D eigenvalue weighted by Crippen LogP contribution is 2.39. The van der Waals surface area contributed by atoms with E-state index in [2.05, 4.69) is 16.8 Å². The van der Waals surface area contributed by atoms with Crippen LogP contribution >= 0.6 is 0 Å². The largest absolute Gasteiger partial charge is 0.481 e. The van der Waals surface area contributed by atoms with Crippen molar-refractivity contribution in [3.63, 3.8) is 0 Å². The summed E-state index contributed by atoms with van der Waals surface area (Å²) in [7, 11) is 0. The van der Waals surface area contributed by atoms with Crippen LogP contribution in [0.15, 0.2) is 6.07 Å². The van der Waals surface area contributed by atoms with Crippen molar-refractivity contribution in [2.24, 2.45) is 5.41 Å². The fraction of sp³-hybridized carbons (Fsp3) is 0.750. The summed E-state index contributed by atoms with van der Waals surface area (Å²) in [5.74, 6) is 1.15. The van der Waals surface area contributed by atoms with E-state index in [1.165, 1.54) is 0 Å². The Hall–Kier alpha value is -1.69. The van der Waals surface area contributed by atoms with Gasteiger partial charge in [0.2, 0.25) is 0 Å². The smallest absolute Gasteiger partial charge is 0.309 e. The summed E-state index contributed by atoms with van der Waals surface area (Å²) in [4.78, 5) is 23.5. The number of aliphatic carboxylic acids is 1. The summed E-state index contributed by atoms with van der Waals surface area (Å²) >= 11 is 0. The van der Waals surface area contributed by atoms with Crippen LogP contribution in [0.5, 0.6) is 0 Å². The molecule has 6 nitrogen and oxygen atoms in total. The van der Waals surface area contributed by atoms with Crippen LogP contribution in [0, 0.1) is 12.3 Å². The minimum absolute atomic E-state index is 0.101. The monoisotopic (exact) mass is 361 g/mol. The van der Waals surface area contributed by atoms with Crippen molar-refractivity contribution in [3.8, 4) is 0 Å². The van der Waals surface area contributed by atoms with E-state index in [4.69, 9.17) is 9.72 Å². The van der Waals surface area contributed by atoms with E-state index in [-0.39, 0.29) is 6.10 Å². The molecule has 2 fully saturated rings. The summed E-state index contributed by atoms with van der Waals surface area (Å²) < 4.78 is 5.83. The molecule has 0 aliphatic carbocycles. The molecule has 0 spiro atoms. The average molecular weight is 361 g/mol. The predicted octanol–water partition coefficient (Wildman–Crippen LogP) is 3.37. The summed E-state index contributed by atoms with van der Waals surface area (Å²) in [6.07, 6.45) is 7.16. The summed E-state index contributed by atoms with van der Waals surface area (Å²) in [6, 6.07) is 2.01. The third-order valence-corrected chi connectivity index (χ3v) is 5.75. The van der Waals surface area contributed by atoms with Gasteiger partial charge in [0, 0.05) is 37.9 Å². The zero-order chi connectivity index (χ0) is 18.6. The molecule has 6 heteroatoms. The maximum atomic E-state index is 12.1. The second kappa shape index (κ2) is 8.33. The van der Waals surface area contributed by atoms with Gasteiger partial charge in [-0.1, -0.05) is 6.92 Å². The van der Waals surface area contributed by atoms with Gasteiger partial charge >= 0.3 is 5.97 Å². The van der Waals surface area contributed by atoms with Crippen molar-refractivity contribution in [2.45, 2.75) is 71.3 Å². The average Bonchev–Trinajstić information content (AvgIpc) is 2.63. The first-order valence-electron chi connectivity index (χ1n) is 9.97. The lowest BCUT2D eigenvalue weighted by molar-refractivity contribution is -0.154. The number of hydrogen-bond acceptors (Lipinski definition) is 5. The van der Waals surface area contributed by atoms with Crippen LogP contribution in [-0.4, -0.2) is 46.8 Å². The molecule has 0 unspecified atom stereocenters. The van der Waals surface area contributed by atoms with Gasteiger partial charge in [-0.25, -0.2) is 9.97 Å². The van der Waals surface area contributed by atoms with Gasteiger partial charge in [0.25, 0.3) is 0 Å². The van der Waals surface area contributed by atoms with E-state index in [0.717, 1.165) is 69.1 Å². The molecule has 1 aromatic rings. The zero-order valence-corrected chi connectivity index (χ0v) is 16.0. The van der Waals surface area contributed by atoms with E-state index in [1.807, 2.05) is 13.0 Å². The molecule has 0 aromatic carbocycles. The number of piperidine rings is 1. The third-order valence-electron chi connectivity index (χ3n) is 5.75. The lowest BCUT2D eigenvalue weighted by atomic mass is 9.73.